The van der Waals surface area contributed by atoms with Crippen molar-refractivity contribution in [1.82, 2.24) is 4.98 Å². The van der Waals surface area contributed by atoms with Crippen LogP contribution in [0.4, 0.5) is 40.8 Å². The average Bonchev–Trinajstić information content (AvgIpc) is 2.84. The quantitative estimate of drug-likeness (QED) is 0.272. The normalized spacial score (nSPS) is 11.5. The molecule has 0 aliphatic heterocycles. The van der Waals surface area contributed by atoms with E-state index in [1.165, 1.54) is 0 Å². The first-order valence-corrected chi connectivity index (χ1v) is 10.2. The molecule has 39 heavy (non-hydrogen) atoms. The lowest BCUT2D eigenvalue weighted by atomic mass is 10.1. The van der Waals surface area contributed by atoms with Crippen LogP contribution in [0.3, 0.4) is 0 Å². The molecule has 0 fully saturated rings. The van der Waals surface area contributed by atoms with Crippen LogP contribution in [0.25, 0.3) is 0 Å². The fraction of sp³-hybridized carbons (Fsp3) is 0.174. The summed E-state index contributed by atoms with van der Waals surface area (Å²) >= 11 is 0. The number of hydrogen-bond donors (Lipinski definition) is 1. The molecule has 16 heteroatoms. The third-order valence-corrected chi connectivity index (χ3v) is 4.73. The first-order valence-electron chi connectivity index (χ1n) is 10.2. The molecule has 1 N–H and O–H groups in total. The van der Waals surface area contributed by atoms with Gasteiger partial charge in [-0.05, 0) is 36.4 Å². The smallest absolute Gasteiger partial charge is 0.490 e. The lowest BCUT2D eigenvalue weighted by molar-refractivity contribution is -0.275. The van der Waals surface area contributed by atoms with Crippen LogP contribution in [0, 0.1) is 11.6 Å². The Morgan fingerprint density at radius 3 is 2.03 bits per heavy atom. The molecule has 3 rings (SSSR count). The molecule has 3 aromatic rings. The molecule has 2 aromatic carbocycles. The summed E-state index contributed by atoms with van der Waals surface area (Å²) in [5.74, 6) is -10.0. The topological polar surface area (TPSA) is 96.0 Å². The predicted molar refractivity (Wildman–Crippen MR) is 115 cm³/mol. The molecular weight excluding hydrogens is 552 g/mol. The number of ether oxygens (including phenoxy) is 4. The van der Waals surface area contributed by atoms with Crippen LogP contribution in [0.5, 0.6) is 23.0 Å². The summed E-state index contributed by atoms with van der Waals surface area (Å²) in [6.45, 7) is 0. The van der Waals surface area contributed by atoms with Gasteiger partial charge in [-0.15, -0.1) is 13.2 Å². The second-order valence-electron chi connectivity index (χ2n) is 7.23. The van der Waals surface area contributed by atoms with Gasteiger partial charge in [-0.25, -0.2) is 14.2 Å². The highest BCUT2D eigenvalue weighted by molar-refractivity contribution is 6.06. The average molecular weight is 566 g/mol. The number of anilines is 1. The maximum Gasteiger partial charge on any atom is 0.573 e. The summed E-state index contributed by atoms with van der Waals surface area (Å²) in [7, 11) is 1.91. The number of carbonyl (C=O) groups is 2. The van der Waals surface area contributed by atoms with Gasteiger partial charge in [-0.3, -0.25) is 4.79 Å². The molecule has 8 nitrogen and oxygen atoms in total. The Morgan fingerprint density at radius 1 is 0.846 bits per heavy atom. The van der Waals surface area contributed by atoms with Crippen LogP contribution in [0.15, 0.2) is 42.6 Å². The van der Waals surface area contributed by atoms with Gasteiger partial charge in [0, 0.05) is 0 Å². The molecule has 1 aromatic heterocycles. The van der Waals surface area contributed by atoms with E-state index in [0.29, 0.717) is 18.2 Å². The van der Waals surface area contributed by atoms with Gasteiger partial charge in [-0.2, -0.15) is 17.6 Å². The highest BCUT2D eigenvalue weighted by Gasteiger charge is 2.38. The van der Waals surface area contributed by atoms with E-state index in [1.54, 1.807) is 0 Å². The van der Waals surface area contributed by atoms with Crippen molar-refractivity contribution in [3.8, 4) is 23.0 Å². The van der Waals surface area contributed by atoms with Crippen LogP contribution in [0.1, 0.15) is 26.4 Å². The van der Waals surface area contributed by atoms with Gasteiger partial charge >= 0.3 is 18.5 Å². The Hall–Kier alpha value is -4.63. The highest BCUT2D eigenvalue weighted by atomic mass is 19.4. The van der Waals surface area contributed by atoms with Crippen LogP contribution in [0.2, 0.25) is 0 Å². The standard InChI is InChI=1S/C23H14F8N2O6/c1-36-19-15(8-7-14(18(19)25)39-23(29,30)31)38-13-6-4-11(22(26,27)28)17(24)16(13)20(34)33-10-3-5-12(32-9-10)21(35)37-2/h3-9H,1-2H3,(H,33,34). The van der Waals surface area contributed by atoms with Crippen LogP contribution >= 0.6 is 0 Å². The largest absolute Gasteiger partial charge is 0.573 e. The van der Waals surface area contributed by atoms with Gasteiger partial charge in [0.15, 0.2) is 17.3 Å². The van der Waals surface area contributed by atoms with E-state index in [0.717, 1.165) is 32.5 Å². The minimum atomic E-state index is -5.28. The van der Waals surface area contributed by atoms with Gasteiger partial charge in [0.25, 0.3) is 5.91 Å². The van der Waals surface area contributed by atoms with Crippen molar-refractivity contribution >= 4 is 17.6 Å². The molecule has 1 heterocycles. The lowest BCUT2D eigenvalue weighted by Crippen LogP contribution is -2.19. The van der Waals surface area contributed by atoms with Crippen LogP contribution < -0.4 is 19.5 Å². The first kappa shape index (κ1) is 28.9. The van der Waals surface area contributed by atoms with Crippen molar-refractivity contribution in [2.75, 3.05) is 19.5 Å². The van der Waals surface area contributed by atoms with Crippen LogP contribution in [-0.2, 0) is 10.9 Å². The van der Waals surface area contributed by atoms with Crippen LogP contribution in [-0.4, -0.2) is 37.4 Å². The van der Waals surface area contributed by atoms with Gasteiger partial charge in [0.1, 0.15) is 17.0 Å². The third kappa shape index (κ3) is 6.63. The summed E-state index contributed by atoms with van der Waals surface area (Å²) in [5, 5.41) is 2.07. The SMILES string of the molecule is COC(=O)c1ccc(NC(=O)c2c(Oc3ccc(OC(F)(F)F)c(F)c3OC)ccc(C(F)(F)F)c2F)cn1. The molecule has 0 unspecified atom stereocenters. The number of carbonyl (C=O) groups excluding carboxylic acids is 2. The number of nitrogens with zero attached hydrogens (tertiary/aromatic N) is 1. The number of methoxy groups -OCH3 is 2. The summed E-state index contributed by atoms with van der Waals surface area (Å²) in [5.41, 5.74) is -3.53. The molecule has 0 atom stereocenters. The predicted octanol–water partition coefficient (Wildman–Crippen LogP) is 6.12. The molecule has 0 spiro atoms. The molecule has 1 amide bonds. The molecule has 0 aliphatic carbocycles. The molecule has 0 bridgehead atoms. The molecule has 0 saturated heterocycles. The Kier molecular flexibility index (Phi) is 8.16. The van der Waals surface area contributed by atoms with E-state index < -0.39 is 70.2 Å². The van der Waals surface area contributed by atoms with Crippen molar-refractivity contribution in [1.29, 1.82) is 0 Å². The minimum Gasteiger partial charge on any atom is -0.490 e. The van der Waals surface area contributed by atoms with Gasteiger partial charge in [0.2, 0.25) is 11.6 Å². The maximum atomic E-state index is 15.0. The fourth-order valence-electron chi connectivity index (χ4n) is 3.07. The minimum absolute atomic E-state index is 0.183. The van der Waals surface area contributed by atoms with E-state index in [9.17, 15) is 40.3 Å². The van der Waals surface area contributed by atoms with Crippen molar-refractivity contribution in [2.24, 2.45) is 0 Å². The number of halogens is 8. The number of esters is 1. The molecule has 0 saturated carbocycles. The van der Waals surface area contributed by atoms with E-state index >= 15 is 4.39 Å². The highest BCUT2D eigenvalue weighted by Crippen LogP contribution is 2.42. The number of aromatic nitrogens is 1. The number of amides is 1. The van der Waals surface area contributed by atoms with E-state index in [4.69, 9.17) is 4.74 Å². The zero-order valence-corrected chi connectivity index (χ0v) is 19.5. The number of rotatable bonds is 7. The summed E-state index contributed by atoms with van der Waals surface area (Å²) in [6.07, 6.45) is -9.60. The zero-order chi connectivity index (χ0) is 29.1. The summed E-state index contributed by atoms with van der Waals surface area (Å²) in [6, 6.07) is 4.14. The van der Waals surface area contributed by atoms with Crippen molar-refractivity contribution in [3.63, 3.8) is 0 Å². The maximum absolute atomic E-state index is 15.0. The number of benzene rings is 2. The van der Waals surface area contributed by atoms with E-state index in [-0.39, 0.29) is 17.4 Å². The second kappa shape index (κ2) is 11.0. The molecule has 0 aliphatic rings. The number of nitrogens with one attached hydrogen (secondary N) is 1. The van der Waals surface area contributed by atoms with Gasteiger partial charge in [-0.1, -0.05) is 0 Å². The molecule has 0 radical (unpaired) electrons. The number of pyridine rings is 1. The van der Waals surface area contributed by atoms with E-state index in [2.05, 4.69) is 24.5 Å². The second-order valence-corrected chi connectivity index (χ2v) is 7.23. The zero-order valence-electron chi connectivity index (χ0n) is 19.5. The van der Waals surface area contributed by atoms with Crippen molar-refractivity contribution in [3.05, 3.63) is 71.1 Å². The molecular formula is C23H14F8N2O6. The first-order chi connectivity index (χ1) is 18.2. The summed E-state index contributed by atoms with van der Waals surface area (Å²) < 4.78 is 125. The fourth-order valence-corrected chi connectivity index (χ4v) is 3.07. The van der Waals surface area contributed by atoms with Gasteiger partial charge < -0.3 is 24.3 Å². The third-order valence-electron chi connectivity index (χ3n) is 4.73. The Balaban J connectivity index is 2.05. The Bertz CT molecular complexity index is 1390. The monoisotopic (exact) mass is 566 g/mol. The summed E-state index contributed by atoms with van der Waals surface area (Å²) in [4.78, 5) is 28.0. The number of hydrogen-bond acceptors (Lipinski definition) is 7. The Labute approximate surface area is 213 Å². The van der Waals surface area contributed by atoms with E-state index in [1.807, 2.05) is 0 Å². The van der Waals surface area contributed by atoms with Crippen molar-refractivity contribution in [2.45, 2.75) is 12.5 Å². The lowest BCUT2D eigenvalue weighted by Gasteiger charge is -2.18. The Morgan fingerprint density at radius 2 is 1.49 bits per heavy atom. The van der Waals surface area contributed by atoms with Crippen molar-refractivity contribution < 1.29 is 63.7 Å². The number of alkyl halides is 6. The molecule has 208 valence electrons. The van der Waals surface area contributed by atoms with Gasteiger partial charge in [0.05, 0.1) is 31.7 Å².